The van der Waals surface area contributed by atoms with Gasteiger partial charge >= 0.3 is 5.69 Å². The number of aryl methyl sites for hydroxylation is 1. The van der Waals surface area contributed by atoms with E-state index in [9.17, 15) is 20.2 Å². The van der Waals surface area contributed by atoms with Crippen molar-refractivity contribution in [1.82, 2.24) is 5.16 Å². The molecule has 0 saturated heterocycles. The van der Waals surface area contributed by atoms with Crippen LogP contribution < -0.4 is 0 Å². The number of nitro groups is 2. The lowest BCUT2D eigenvalue weighted by Crippen LogP contribution is -2.13. The van der Waals surface area contributed by atoms with Crippen molar-refractivity contribution in [3.8, 4) is 0 Å². The van der Waals surface area contributed by atoms with Gasteiger partial charge in [0.15, 0.2) is 5.69 Å². The molecule has 16 heavy (non-hydrogen) atoms. The second-order valence-corrected chi connectivity index (χ2v) is 3.62. The van der Waals surface area contributed by atoms with Gasteiger partial charge in [-0.25, -0.2) is 0 Å². The first kappa shape index (κ1) is 12.1. The van der Waals surface area contributed by atoms with E-state index in [0.29, 0.717) is 0 Å². The molecular formula is C8H11N3O5. The van der Waals surface area contributed by atoms with Crippen molar-refractivity contribution < 1.29 is 14.4 Å². The fourth-order valence-electron chi connectivity index (χ4n) is 1.42. The summed E-state index contributed by atoms with van der Waals surface area (Å²) in [5.41, 5.74) is 0.00324. The summed E-state index contributed by atoms with van der Waals surface area (Å²) in [7, 11) is 0. The maximum atomic E-state index is 10.7. The highest BCUT2D eigenvalue weighted by Gasteiger charge is 2.26. The predicted molar refractivity (Wildman–Crippen MR) is 52.6 cm³/mol. The van der Waals surface area contributed by atoms with Crippen LogP contribution in [0.25, 0.3) is 0 Å². The Morgan fingerprint density at radius 2 is 2.06 bits per heavy atom. The molecule has 0 saturated carbocycles. The molecule has 0 aliphatic heterocycles. The molecule has 1 rings (SSSR count). The number of aromatic nitrogens is 1. The van der Waals surface area contributed by atoms with Crippen molar-refractivity contribution in [2.45, 2.75) is 20.3 Å². The Bertz CT molecular complexity index is 414. The minimum absolute atomic E-state index is 0.0943. The minimum Gasteiger partial charge on any atom is -0.354 e. The summed E-state index contributed by atoms with van der Waals surface area (Å²) in [4.78, 5) is 19.9. The highest BCUT2D eigenvalue weighted by Crippen LogP contribution is 2.25. The van der Waals surface area contributed by atoms with Crippen LogP contribution in [-0.2, 0) is 6.42 Å². The van der Waals surface area contributed by atoms with Crippen molar-refractivity contribution in [3.63, 3.8) is 0 Å². The lowest BCUT2D eigenvalue weighted by molar-refractivity contribution is -0.487. The predicted octanol–water partition coefficient (Wildman–Crippen LogP) is 1.35. The Morgan fingerprint density at radius 3 is 2.56 bits per heavy atom. The zero-order valence-corrected chi connectivity index (χ0v) is 8.87. The second kappa shape index (κ2) is 4.69. The molecule has 0 aliphatic rings. The Morgan fingerprint density at radius 1 is 1.44 bits per heavy atom. The third-order valence-corrected chi connectivity index (χ3v) is 2.08. The first-order valence-corrected chi connectivity index (χ1v) is 4.63. The Kier molecular flexibility index (Phi) is 3.54. The molecular weight excluding hydrogens is 218 g/mol. The van der Waals surface area contributed by atoms with Crippen LogP contribution in [-0.4, -0.2) is 21.5 Å². The first-order valence-electron chi connectivity index (χ1n) is 4.63. The quantitative estimate of drug-likeness (QED) is 0.556. The van der Waals surface area contributed by atoms with Gasteiger partial charge in [0.1, 0.15) is 0 Å². The first-order chi connectivity index (χ1) is 7.41. The van der Waals surface area contributed by atoms with Crippen LogP contribution in [0.2, 0.25) is 0 Å². The summed E-state index contributed by atoms with van der Waals surface area (Å²) in [6.45, 7) is 2.84. The summed E-state index contributed by atoms with van der Waals surface area (Å²) in [6.07, 6.45) is 0.137. The molecule has 8 heteroatoms. The molecule has 0 N–H and O–H groups in total. The molecule has 0 amide bonds. The largest absolute Gasteiger partial charge is 0.354 e. The molecule has 0 aromatic carbocycles. The van der Waals surface area contributed by atoms with Gasteiger partial charge in [0.25, 0.3) is 0 Å². The van der Waals surface area contributed by atoms with E-state index in [4.69, 9.17) is 4.52 Å². The average molecular weight is 229 g/mol. The zero-order chi connectivity index (χ0) is 12.3. The summed E-state index contributed by atoms with van der Waals surface area (Å²) < 4.78 is 4.79. The topological polar surface area (TPSA) is 112 Å². The van der Waals surface area contributed by atoms with Gasteiger partial charge in [-0.3, -0.25) is 20.2 Å². The molecule has 8 nitrogen and oxygen atoms in total. The van der Waals surface area contributed by atoms with E-state index in [1.165, 1.54) is 6.92 Å². The van der Waals surface area contributed by atoms with E-state index in [1.54, 1.807) is 6.92 Å². The van der Waals surface area contributed by atoms with Gasteiger partial charge in [0.05, 0.1) is 4.92 Å². The Labute approximate surface area is 90.5 Å². The van der Waals surface area contributed by atoms with Gasteiger partial charge < -0.3 is 4.52 Å². The standard InChI is InChI=1S/C8H11N3O5/c1-5(4-10(12)13)3-7-8(11(14)15)6(2)9-16-7/h5H,3-4H2,1-2H3. The van der Waals surface area contributed by atoms with E-state index in [2.05, 4.69) is 5.16 Å². The molecule has 1 atom stereocenters. The van der Waals surface area contributed by atoms with Crippen LogP contribution in [0, 0.1) is 33.1 Å². The number of nitrogens with zero attached hydrogens (tertiary/aromatic N) is 3. The number of hydrogen-bond donors (Lipinski definition) is 0. The third kappa shape index (κ3) is 2.75. The molecule has 0 radical (unpaired) electrons. The van der Waals surface area contributed by atoms with Crippen molar-refractivity contribution in [2.75, 3.05) is 6.54 Å². The Hall–Kier alpha value is -1.99. The van der Waals surface area contributed by atoms with Gasteiger partial charge in [-0.05, 0) is 6.92 Å². The highest BCUT2D eigenvalue weighted by molar-refractivity contribution is 5.37. The van der Waals surface area contributed by atoms with E-state index < -0.39 is 9.85 Å². The molecule has 88 valence electrons. The van der Waals surface area contributed by atoms with Gasteiger partial charge in [-0.15, -0.1) is 0 Å². The van der Waals surface area contributed by atoms with Gasteiger partial charge in [-0.2, -0.15) is 0 Å². The van der Waals surface area contributed by atoms with Crippen molar-refractivity contribution in [1.29, 1.82) is 0 Å². The fourth-order valence-corrected chi connectivity index (χ4v) is 1.42. The Balaban J connectivity index is 2.81. The monoisotopic (exact) mass is 229 g/mol. The molecule has 0 fully saturated rings. The fraction of sp³-hybridized carbons (Fsp3) is 0.625. The highest BCUT2D eigenvalue weighted by atomic mass is 16.6. The maximum Gasteiger partial charge on any atom is 0.334 e. The van der Waals surface area contributed by atoms with E-state index in [0.717, 1.165) is 0 Å². The maximum absolute atomic E-state index is 10.7. The number of hydrogen-bond acceptors (Lipinski definition) is 6. The van der Waals surface area contributed by atoms with Crippen LogP contribution in [0.3, 0.4) is 0 Å². The number of rotatable bonds is 5. The van der Waals surface area contributed by atoms with Crippen LogP contribution in [0.4, 0.5) is 5.69 Å². The lowest BCUT2D eigenvalue weighted by atomic mass is 10.1. The van der Waals surface area contributed by atoms with Crippen molar-refractivity contribution in [2.24, 2.45) is 5.92 Å². The summed E-state index contributed by atoms with van der Waals surface area (Å²) in [5.74, 6) is -0.238. The molecule has 1 heterocycles. The molecule has 0 aliphatic carbocycles. The SMILES string of the molecule is Cc1noc(CC(C)C[N+](=O)[O-])c1[N+](=O)[O-]. The minimum atomic E-state index is -0.583. The summed E-state index contributed by atoms with van der Waals surface area (Å²) >= 11 is 0. The van der Waals surface area contributed by atoms with E-state index in [1.807, 2.05) is 0 Å². The normalized spacial score (nSPS) is 12.4. The molecule has 1 aromatic heterocycles. The molecule has 0 bridgehead atoms. The molecule has 1 unspecified atom stereocenters. The van der Waals surface area contributed by atoms with Crippen molar-refractivity contribution >= 4 is 5.69 Å². The van der Waals surface area contributed by atoms with Gasteiger partial charge in [-0.1, -0.05) is 12.1 Å². The van der Waals surface area contributed by atoms with Crippen LogP contribution in [0.1, 0.15) is 18.4 Å². The second-order valence-electron chi connectivity index (χ2n) is 3.62. The van der Waals surface area contributed by atoms with E-state index in [-0.39, 0.29) is 36.0 Å². The van der Waals surface area contributed by atoms with Crippen LogP contribution >= 0.6 is 0 Å². The third-order valence-electron chi connectivity index (χ3n) is 2.08. The van der Waals surface area contributed by atoms with Crippen LogP contribution in [0.5, 0.6) is 0 Å². The average Bonchev–Trinajstić information content (AvgIpc) is 2.45. The van der Waals surface area contributed by atoms with Crippen molar-refractivity contribution in [3.05, 3.63) is 31.7 Å². The van der Waals surface area contributed by atoms with Gasteiger partial charge in [0.2, 0.25) is 12.3 Å². The summed E-state index contributed by atoms with van der Waals surface area (Å²) in [6, 6.07) is 0. The van der Waals surface area contributed by atoms with Crippen LogP contribution in [0.15, 0.2) is 4.52 Å². The van der Waals surface area contributed by atoms with E-state index >= 15 is 0 Å². The molecule has 0 spiro atoms. The lowest BCUT2D eigenvalue weighted by Gasteiger charge is -2.02. The zero-order valence-electron chi connectivity index (χ0n) is 8.87. The smallest absolute Gasteiger partial charge is 0.334 e. The van der Waals surface area contributed by atoms with Gasteiger partial charge in [0, 0.05) is 17.3 Å². The summed E-state index contributed by atoms with van der Waals surface area (Å²) in [5, 5.41) is 24.4. The molecule has 1 aromatic rings.